The van der Waals surface area contributed by atoms with Gasteiger partial charge in [0.1, 0.15) is 24.2 Å². The molecule has 10 rings (SSSR count). The van der Waals surface area contributed by atoms with Crippen molar-refractivity contribution in [3.8, 4) is 11.1 Å². The molecule has 0 atom stereocenters. The van der Waals surface area contributed by atoms with Gasteiger partial charge in [-0.3, -0.25) is 0 Å². The molecule has 0 spiro atoms. The Morgan fingerprint density at radius 2 is 0.740 bits per heavy atom. The van der Waals surface area contributed by atoms with E-state index in [1.54, 1.807) is 68.2 Å². The molecule has 0 radical (unpaired) electrons. The summed E-state index contributed by atoms with van der Waals surface area (Å²) < 4.78 is 0. The summed E-state index contributed by atoms with van der Waals surface area (Å²) in [6.45, 7) is 16.4. The largest absolute Gasteiger partial charge is 0.243 e. The molecule has 0 N–H and O–H groups in total. The summed E-state index contributed by atoms with van der Waals surface area (Å²) in [5, 5.41) is 9.86. The quantitative estimate of drug-likeness (QED) is 0.231. The first-order valence-corrected chi connectivity index (χ1v) is 29.8. The Labute approximate surface area is 303 Å². The van der Waals surface area contributed by atoms with Gasteiger partial charge in [0.05, 0.1) is 0 Å². The van der Waals surface area contributed by atoms with E-state index in [0.717, 1.165) is 0 Å². The second-order valence-corrected chi connectivity index (χ2v) is 33.8. The fourth-order valence-electron chi connectivity index (χ4n) is 10.8. The lowest BCUT2D eigenvalue weighted by atomic mass is 9.36. The molecule has 0 amide bonds. The maximum atomic E-state index is 2.70. The van der Waals surface area contributed by atoms with Gasteiger partial charge < -0.3 is 0 Å². The van der Waals surface area contributed by atoms with Crippen LogP contribution in [0.4, 0.5) is 0 Å². The first kappa shape index (κ1) is 31.2. The predicted octanol–water partition coefficient (Wildman–Crippen LogP) is 2.59. The van der Waals surface area contributed by atoms with Crippen LogP contribution in [0.1, 0.15) is 0 Å². The normalized spacial score (nSPS) is 19.2. The third-order valence-electron chi connectivity index (χ3n) is 13.4. The third kappa shape index (κ3) is 3.81. The zero-order chi connectivity index (χ0) is 34.5. The first-order valence-electron chi connectivity index (χ1n) is 18.3. The van der Waals surface area contributed by atoms with Gasteiger partial charge in [0.25, 0.3) is 0 Å². The van der Waals surface area contributed by atoms with E-state index >= 15 is 0 Å². The Bertz CT molecular complexity index is 2140. The van der Waals surface area contributed by atoms with Crippen molar-refractivity contribution in [2.24, 2.45) is 0 Å². The van der Waals surface area contributed by atoms with Crippen molar-refractivity contribution in [3.63, 3.8) is 0 Å². The van der Waals surface area contributed by atoms with Crippen molar-refractivity contribution >= 4 is 112 Å². The molecule has 4 aliphatic rings. The number of hydrogen-bond donors (Lipinski definition) is 0. The average Bonchev–Trinajstić information content (AvgIpc) is 3.11. The molecule has 6 heteroatoms. The lowest BCUT2D eigenvalue weighted by Crippen LogP contribution is -2.86. The van der Waals surface area contributed by atoms with Crippen LogP contribution < -0.4 is 63.9 Å². The predicted molar refractivity (Wildman–Crippen MR) is 233 cm³/mol. The number of hydrogen-bond acceptors (Lipinski definition) is 0. The van der Waals surface area contributed by atoms with Gasteiger partial charge in [-0.2, -0.15) is 10.0 Å². The van der Waals surface area contributed by atoms with Crippen molar-refractivity contribution in [1.82, 2.24) is 0 Å². The van der Waals surface area contributed by atoms with Crippen molar-refractivity contribution in [2.45, 2.75) is 49.1 Å². The van der Waals surface area contributed by atoms with Crippen LogP contribution in [0.5, 0.6) is 0 Å². The Hall–Kier alpha value is -3.55. The van der Waals surface area contributed by atoms with Crippen LogP contribution in [0.3, 0.4) is 0 Å². The molecule has 244 valence electrons. The molecule has 0 aliphatic carbocycles. The minimum Gasteiger partial charge on any atom is -0.195 e. The standard InChI is InChI=1S/C44H44B2SSi3/c1-47(2)35-21-13-9-17-31(35)45-32-18-10-14-22-37(32)48(3,4)40-26-29(25-36(47)43(40)45)30-27-41-44-42(28-30)50(7,8)39-24-16-12-20-34(39)46(44)33-19-11-15-23-38(33)49(41,5)6/h9-28H,1-8H3. The Balaban J connectivity index is 1.29. The van der Waals surface area contributed by atoms with E-state index in [4.69, 9.17) is 0 Å². The summed E-state index contributed by atoms with van der Waals surface area (Å²) >= 11 is 0. The molecule has 0 saturated heterocycles. The fraction of sp³-hybridized carbons (Fsp3) is 0.182. The van der Waals surface area contributed by atoms with E-state index in [1.807, 2.05) is 0 Å². The molecular formula is C44H44B2SSi3. The summed E-state index contributed by atoms with van der Waals surface area (Å²) in [5.41, 5.74) is 12.4. The maximum absolute atomic E-state index is 2.70. The Kier molecular flexibility index (Phi) is 6.28. The van der Waals surface area contributed by atoms with E-state index in [-0.39, 0.29) is 0 Å². The van der Waals surface area contributed by atoms with Crippen molar-refractivity contribution < 1.29 is 0 Å². The highest BCUT2D eigenvalue weighted by molar-refractivity contribution is 8.33. The summed E-state index contributed by atoms with van der Waals surface area (Å²) in [5.74, 6) is 0. The Morgan fingerprint density at radius 1 is 0.380 bits per heavy atom. The molecule has 4 heterocycles. The maximum Gasteiger partial charge on any atom is 0.243 e. The fourth-order valence-corrected chi connectivity index (χ4v) is 23.4. The van der Waals surface area contributed by atoms with E-state index < -0.39 is 34.2 Å². The molecule has 0 aromatic heterocycles. The summed E-state index contributed by atoms with van der Waals surface area (Å²) in [7, 11) is -7.24. The minimum atomic E-state index is -2.01. The van der Waals surface area contributed by atoms with Crippen LogP contribution in [-0.4, -0.2) is 50.2 Å². The van der Waals surface area contributed by atoms with Gasteiger partial charge in [-0.05, 0) is 39.5 Å². The van der Waals surface area contributed by atoms with Crippen LogP contribution >= 0.6 is 10.0 Å². The lowest BCUT2D eigenvalue weighted by Gasteiger charge is -2.48. The van der Waals surface area contributed by atoms with Gasteiger partial charge >= 0.3 is 0 Å². The Morgan fingerprint density at radius 3 is 1.22 bits per heavy atom. The summed E-state index contributed by atoms with van der Waals surface area (Å²) in [6, 6.07) is 48.6. The highest BCUT2D eigenvalue weighted by Gasteiger charge is 2.51. The second-order valence-electron chi connectivity index (χ2n) is 17.3. The van der Waals surface area contributed by atoms with Gasteiger partial charge in [0.2, 0.25) is 13.4 Å². The van der Waals surface area contributed by atoms with Crippen LogP contribution in [0.25, 0.3) is 11.1 Å². The number of benzene rings is 6. The molecule has 0 saturated carbocycles. The second kappa shape index (κ2) is 10.1. The first-order chi connectivity index (χ1) is 23.8. The van der Waals surface area contributed by atoms with Gasteiger partial charge in [-0.15, -0.1) is 0 Å². The van der Waals surface area contributed by atoms with Gasteiger partial charge in [-0.25, -0.2) is 0 Å². The minimum absolute atomic E-state index is 0.318. The van der Waals surface area contributed by atoms with E-state index in [9.17, 15) is 0 Å². The zero-order valence-electron chi connectivity index (χ0n) is 30.6. The van der Waals surface area contributed by atoms with Crippen LogP contribution in [-0.2, 0) is 0 Å². The lowest BCUT2D eigenvalue weighted by molar-refractivity contribution is 1.38. The highest BCUT2D eigenvalue weighted by atomic mass is 32.3. The van der Waals surface area contributed by atoms with E-state index in [0.29, 0.717) is 13.4 Å². The van der Waals surface area contributed by atoms with Crippen LogP contribution in [0, 0.1) is 0 Å². The molecular weight excluding hydrogens is 666 g/mol. The molecule has 6 aromatic carbocycles. The molecule has 4 aliphatic heterocycles. The highest BCUT2D eigenvalue weighted by Crippen LogP contribution is 2.57. The molecule has 50 heavy (non-hydrogen) atoms. The average molecular weight is 711 g/mol. The van der Waals surface area contributed by atoms with Gasteiger partial charge in [0.15, 0.2) is 0 Å². The van der Waals surface area contributed by atoms with Crippen molar-refractivity contribution in [3.05, 3.63) is 121 Å². The SMILES string of the molecule is C[Si]1(C)c2ccccc2B2c3ccccc3[Si](C)(C)c3cc(-c4cc5c6c(c4)S(C)(C)c4ccccc4B6c4ccccc4[Si]5(C)C)cc1c32. The molecule has 0 fully saturated rings. The molecule has 0 bridgehead atoms. The monoisotopic (exact) mass is 710 g/mol. The number of rotatable bonds is 1. The van der Waals surface area contributed by atoms with E-state index in [2.05, 4.69) is 173 Å². The van der Waals surface area contributed by atoms with E-state index in [1.165, 1.54) is 16.6 Å². The summed E-state index contributed by atoms with van der Waals surface area (Å²) in [6.07, 6.45) is 5.13. The van der Waals surface area contributed by atoms with Crippen molar-refractivity contribution in [1.29, 1.82) is 0 Å². The van der Waals surface area contributed by atoms with Gasteiger partial charge in [-0.1, -0.05) is 218 Å². The topological polar surface area (TPSA) is 0 Å². The van der Waals surface area contributed by atoms with Crippen molar-refractivity contribution in [2.75, 3.05) is 12.5 Å². The molecule has 0 unspecified atom stereocenters. The number of fused-ring (bicyclic) bond motifs is 8. The van der Waals surface area contributed by atoms with Crippen LogP contribution in [0.15, 0.2) is 131 Å². The zero-order valence-corrected chi connectivity index (χ0v) is 34.4. The third-order valence-corrected chi connectivity index (χ3v) is 27.0. The summed E-state index contributed by atoms with van der Waals surface area (Å²) in [4.78, 5) is 3.19. The van der Waals surface area contributed by atoms with Crippen LogP contribution in [0.2, 0.25) is 39.3 Å². The van der Waals surface area contributed by atoms with Gasteiger partial charge in [0, 0.05) is 0 Å². The molecule has 6 aromatic rings. The molecule has 0 nitrogen and oxygen atoms in total. The smallest absolute Gasteiger partial charge is 0.195 e.